The standard InChI is InChI=1S/C20H27N7/c1-15-12-19(22-14-21-15)26-9-5-8-25(10-11-26)18-7-6-17-23-16(20(2,3)4)13-27(17)24-18/h6-7,12-14H,5,8-11H2,1-4H3. The first kappa shape index (κ1) is 17.7. The largest absolute Gasteiger partial charge is 0.355 e. The van der Waals surface area contributed by atoms with E-state index in [1.807, 2.05) is 17.6 Å². The van der Waals surface area contributed by atoms with Crippen molar-refractivity contribution >= 4 is 17.3 Å². The van der Waals surface area contributed by atoms with Crippen molar-refractivity contribution in [2.75, 3.05) is 36.0 Å². The molecule has 0 bridgehead atoms. The second-order valence-corrected chi connectivity index (χ2v) is 8.22. The molecule has 4 heterocycles. The fourth-order valence-corrected chi connectivity index (χ4v) is 3.39. The molecule has 4 rings (SSSR count). The average Bonchev–Trinajstić information content (AvgIpc) is 2.91. The maximum Gasteiger partial charge on any atom is 0.153 e. The molecule has 0 aliphatic carbocycles. The van der Waals surface area contributed by atoms with Gasteiger partial charge in [-0.15, -0.1) is 5.10 Å². The molecule has 3 aromatic rings. The highest BCUT2D eigenvalue weighted by Crippen LogP contribution is 2.23. The number of hydrogen-bond donors (Lipinski definition) is 0. The SMILES string of the molecule is Cc1cc(N2CCCN(c3ccc4nc(C(C)(C)C)cn4n3)CC2)ncn1. The molecule has 7 heteroatoms. The third-order valence-electron chi connectivity index (χ3n) is 5.01. The van der Waals surface area contributed by atoms with Gasteiger partial charge in [0, 0.05) is 43.4 Å². The summed E-state index contributed by atoms with van der Waals surface area (Å²) >= 11 is 0. The van der Waals surface area contributed by atoms with Gasteiger partial charge in [0.15, 0.2) is 5.65 Å². The Labute approximate surface area is 160 Å². The molecule has 142 valence electrons. The molecule has 27 heavy (non-hydrogen) atoms. The summed E-state index contributed by atoms with van der Waals surface area (Å²) in [6.45, 7) is 12.4. The molecule has 0 amide bonds. The molecule has 1 aliphatic rings. The van der Waals surface area contributed by atoms with E-state index >= 15 is 0 Å². The van der Waals surface area contributed by atoms with Crippen molar-refractivity contribution in [3.05, 3.63) is 42.1 Å². The number of hydrogen-bond acceptors (Lipinski definition) is 6. The molecule has 1 aliphatic heterocycles. The minimum atomic E-state index is 0.0205. The van der Waals surface area contributed by atoms with Gasteiger partial charge in [-0.2, -0.15) is 0 Å². The molecule has 1 saturated heterocycles. The Balaban J connectivity index is 1.53. The van der Waals surface area contributed by atoms with Crippen molar-refractivity contribution in [2.45, 2.75) is 39.5 Å². The zero-order valence-corrected chi connectivity index (χ0v) is 16.6. The lowest BCUT2D eigenvalue weighted by Crippen LogP contribution is -2.31. The van der Waals surface area contributed by atoms with Crippen LogP contribution in [0.5, 0.6) is 0 Å². The van der Waals surface area contributed by atoms with Crippen LogP contribution in [0.3, 0.4) is 0 Å². The summed E-state index contributed by atoms with van der Waals surface area (Å²) in [6.07, 6.45) is 4.77. The summed E-state index contributed by atoms with van der Waals surface area (Å²) in [6, 6.07) is 6.20. The van der Waals surface area contributed by atoms with Gasteiger partial charge in [-0.25, -0.2) is 19.5 Å². The normalized spacial score (nSPS) is 16.0. The molecule has 0 N–H and O–H groups in total. The van der Waals surface area contributed by atoms with Gasteiger partial charge in [-0.05, 0) is 25.5 Å². The molecule has 0 saturated carbocycles. The van der Waals surface area contributed by atoms with Crippen LogP contribution >= 0.6 is 0 Å². The van der Waals surface area contributed by atoms with Crippen LogP contribution in [-0.2, 0) is 5.41 Å². The van der Waals surface area contributed by atoms with E-state index in [2.05, 4.69) is 58.7 Å². The number of aromatic nitrogens is 5. The molecular formula is C20H27N7. The van der Waals surface area contributed by atoms with Crippen LogP contribution in [0.1, 0.15) is 38.6 Å². The maximum atomic E-state index is 4.82. The van der Waals surface area contributed by atoms with Crippen LogP contribution < -0.4 is 9.80 Å². The van der Waals surface area contributed by atoms with E-state index in [0.29, 0.717) is 0 Å². The lowest BCUT2D eigenvalue weighted by Gasteiger charge is -2.23. The van der Waals surface area contributed by atoms with Crippen molar-refractivity contribution in [3.8, 4) is 0 Å². The number of rotatable bonds is 2. The summed E-state index contributed by atoms with van der Waals surface area (Å²) in [5.74, 6) is 2.01. The monoisotopic (exact) mass is 365 g/mol. The first-order valence-electron chi connectivity index (χ1n) is 9.56. The third kappa shape index (κ3) is 3.72. The fraction of sp³-hybridized carbons (Fsp3) is 0.500. The maximum absolute atomic E-state index is 4.82. The third-order valence-corrected chi connectivity index (χ3v) is 5.01. The predicted molar refractivity (Wildman–Crippen MR) is 107 cm³/mol. The average molecular weight is 365 g/mol. The number of imidazole rings is 1. The Kier molecular flexibility index (Phi) is 4.45. The van der Waals surface area contributed by atoms with E-state index in [9.17, 15) is 0 Å². The Morgan fingerprint density at radius 3 is 2.37 bits per heavy atom. The van der Waals surface area contributed by atoms with Gasteiger partial charge >= 0.3 is 0 Å². The molecule has 0 unspecified atom stereocenters. The molecule has 1 fully saturated rings. The smallest absolute Gasteiger partial charge is 0.153 e. The molecule has 0 aromatic carbocycles. The summed E-state index contributed by atoms with van der Waals surface area (Å²) < 4.78 is 1.91. The van der Waals surface area contributed by atoms with E-state index in [4.69, 9.17) is 10.1 Å². The summed E-state index contributed by atoms with van der Waals surface area (Å²) in [7, 11) is 0. The van der Waals surface area contributed by atoms with E-state index in [1.165, 1.54) is 0 Å². The van der Waals surface area contributed by atoms with E-state index in [0.717, 1.165) is 61.3 Å². The van der Waals surface area contributed by atoms with Gasteiger partial charge in [0.25, 0.3) is 0 Å². The van der Waals surface area contributed by atoms with Gasteiger partial charge in [-0.3, -0.25) is 0 Å². The van der Waals surface area contributed by atoms with E-state index in [1.54, 1.807) is 6.33 Å². The minimum absolute atomic E-state index is 0.0205. The summed E-state index contributed by atoms with van der Waals surface area (Å²) in [5, 5.41) is 4.82. The van der Waals surface area contributed by atoms with Gasteiger partial charge in [-0.1, -0.05) is 20.8 Å². The Hall–Kier alpha value is -2.70. The first-order valence-corrected chi connectivity index (χ1v) is 9.56. The van der Waals surface area contributed by atoms with Crippen molar-refractivity contribution in [3.63, 3.8) is 0 Å². The Morgan fingerprint density at radius 2 is 1.67 bits per heavy atom. The van der Waals surface area contributed by atoms with Gasteiger partial charge in [0.2, 0.25) is 0 Å². The number of aryl methyl sites for hydroxylation is 1. The zero-order chi connectivity index (χ0) is 19.0. The van der Waals surface area contributed by atoms with Gasteiger partial charge < -0.3 is 9.80 Å². The molecule has 0 atom stereocenters. The highest BCUT2D eigenvalue weighted by atomic mass is 15.3. The molecule has 7 nitrogen and oxygen atoms in total. The second kappa shape index (κ2) is 6.79. The van der Waals surface area contributed by atoms with Crippen molar-refractivity contribution in [2.24, 2.45) is 0 Å². The van der Waals surface area contributed by atoms with E-state index in [-0.39, 0.29) is 5.41 Å². The fourth-order valence-electron chi connectivity index (χ4n) is 3.39. The number of fused-ring (bicyclic) bond motifs is 1. The number of anilines is 2. The summed E-state index contributed by atoms with van der Waals surface area (Å²) in [5.41, 5.74) is 2.99. The number of nitrogens with zero attached hydrogens (tertiary/aromatic N) is 7. The van der Waals surface area contributed by atoms with Crippen LogP contribution in [0.4, 0.5) is 11.6 Å². The molecule has 3 aromatic heterocycles. The van der Waals surface area contributed by atoms with Gasteiger partial charge in [0.05, 0.1) is 11.9 Å². The zero-order valence-electron chi connectivity index (χ0n) is 16.6. The topological polar surface area (TPSA) is 62.5 Å². The van der Waals surface area contributed by atoms with Crippen LogP contribution in [0.15, 0.2) is 30.7 Å². The highest BCUT2D eigenvalue weighted by molar-refractivity contribution is 5.48. The highest BCUT2D eigenvalue weighted by Gasteiger charge is 2.20. The Morgan fingerprint density at radius 1 is 0.926 bits per heavy atom. The first-order chi connectivity index (χ1) is 12.9. The Bertz CT molecular complexity index is 941. The molecule has 0 radical (unpaired) electrons. The van der Waals surface area contributed by atoms with Crippen molar-refractivity contribution in [1.29, 1.82) is 0 Å². The van der Waals surface area contributed by atoms with Crippen molar-refractivity contribution in [1.82, 2.24) is 24.6 Å². The lowest BCUT2D eigenvalue weighted by molar-refractivity contribution is 0.572. The van der Waals surface area contributed by atoms with Crippen LogP contribution in [0.2, 0.25) is 0 Å². The van der Waals surface area contributed by atoms with E-state index < -0.39 is 0 Å². The molecule has 0 spiro atoms. The quantitative estimate of drug-likeness (QED) is 0.696. The van der Waals surface area contributed by atoms with Crippen LogP contribution in [0.25, 0.3) is 5.65 Å². The van der Waals surface area contributed by atoms with Crippen molar-refractivity contribution < 1.29 is 0 Å². The van der Waals surface area contributed by atoms with Gasteiger partial charge in [0.1, 0.15) is 18.0 Å². The second-order valence-electron chi connectivity index (χ2n) is 8.22. The lowest BCUT2D eigenvalue weighted by atomic mass is 9.93. The summed E-state index contributed by atoms with van der Waals surface area (Å²) in [4.78, 5) is 18.0. The predicted octanol–water partition coefficient (Wildman–Crippen LogP) is 2.84. The van der Waals surface area contributed by atoms with Crippen LogP contribution in [-0.4, -0.2) is 50.7 Å². The minimum Gasteiger partial charge on any atom is -0.355 e. The van der Waals surface area contributed by atoms with Crippen LogP contribution in [0, 0.1) is 6.92 Å². The molecular weight excluding hydrogens is 338 g/mol.